The van der Waals surface area contributed by atoms with Gasteiger partial charge in [0.15, 0.2) is 0 Å². The van der Waals surface area contributed by atoms with E-state index in [1.54, 1.807) is 0 Å². The van der Waals surface area contributed by atoms with Crippen LogP contribution in [0.3, 0.4) is 0 Å². The number of pyridine rings is 1. The van der Waals surface area contributed by atoms with Gasteiger partial charge in [-0.1, -0.05) is 6.07 Å². The predicted molar refractivity (Wildman–Crippen MR) is 71.1 cm³/mol. The standard InChI is InChI=1S/C14H23N3/c1-17(2)11-14(12-5-8-15-9-6-12)13-4-3-7-16-10-13/h3-4,7,10,12,14-15H,5-6,8-9,11H2,1-2H3. The lowest BCUT2D eigenvalue weighted by Gasteiger charge is -2.32. The molecule has 1 aromatic rings. The highest BCUT2D eigenvalue weighted by Crippen LogP contribution is 2.31. The van der Waals surface area contributed by atoms with Gasteiger partial charge in [-0.15, -0.1) is 0 Å². The molecule has 17 heavy (non-hydrogen) atoms. The molecule has 1 atom stereocenters. The van der Waals surface area contributed by atoms with E-state index in [-0.39, 0.29) is 0 Å². The van der Waals surface area contributed by atoms with E-state index in [1.807, 2.05) is 12.4 Å². The van der Waals surface area contributed by atoms with Crippen molar-refractivity contribution in [3.05, 3.63) is 30.1 Å². The molecule has 94 valence electrons. The van der Waals surface area contributed by atoms with Crippen molar-refractivity contribution in [3.8, 4) is 0 Å². The fourth-order valence-electron chi connectivity index (χ4n) is 2.76. The molecular formula is C14H23N3. The van der Waals surface area contributed by atoms with Gasteiger partial charge in [-0.05, 0) is 57.6 Å². The van der Waals surface area contributed by atoms with Gasteiger partial charge in [0, 0.05) is 24.9 Å². The van der Waals surface area contributed by atoms with Crippen LogP contribution in [0, 0.1) is 5.92 Å². The van der Waals surface area contributed by atoms with Gasteiger partial charge < -0.3 is 10.2 Å². The third-order valence-electron chi connectivity index (χ3n) is 3.63. The van der Waals surface area contributed by atoms with Gasteiger partial charge in [-0.3, -0.25) is 4.98 Å². The summed E-state index contributed by atoms with van der Waals surface area (Å²) in [5.41, 5.74) is 1.40. The van der Waals surface area contributed by atoms with Gasteiger partial charge in [-0.25, -0.2) is 0 Å². The van der Waals surface area contributed by atoms with Crippen molar-refractivity contribution in [2.45, 2.75) is 18.8 Å². The highest BCUT2D eigenvalue weighted by molar-refractivity contribution is 5.16. The predicted octanol–water partition coefficient (Wildman–Crippen LogP) is 1.73. The average Bonchev–Trinajstić information content (AvgIpc) is 2.38. The Bertz CT molecular complexity index is 317. The van der Waals surface area contributed by atoms with Gasteiger partial charge in [0.2, 0.25) is 0 Å². The lowest BCUT2D eigenvalue weighted by atomic mass is 9.80. The van der Waals surface area contributed by atoms with Crippen LogP contribution < -0.4 is 5.32 Å². The largest absolute Gasteiger partial charge is 0.317 e. The molecule has 2 heterocycles. The molecule has 0 amide bonds. The number of aromatic nitrogens is 1. The SMILES string of the molecule is CN(C)CC(c1cccnc1)C1CCNCC1. The smallest absolute Gasteiger partial charge is 0.0303 e. The highest BCUT2D eigenvalue weighted by atomic mass is 15.1. The van der Waals surface area contributed by atoms with Crippen molar-refractivity contribution in [1.82, 2.24) is 15.2 Å². The van der Waals surface area contributed by atoms with Crippen LogP contribution in [-0.4, -0.2) is 43.6 Å². The van der Waals surface area contributed by atoms with Crippen LogP contribution in [0.4, 0.5) is 0 Å². The van der Waals surface area contributed by atoms with E-state index in [1.165, 1.54) is 18.4 Å². The number of nitrogens with zero attached hydrogens (tertiary/aromatic N) is 2. The first-order valence-corrected chi connectivity index (χ1v) is 6.52. The first-order chi connectivity index (χ1) is 8.27. The number of likely N-dealkylation sites (N-methyl/N-ethyl adjacent to an activating group) is 1. The quantitative estimate of drug-likeness (QED) is 0.858. The fourth-order valence-corrected chi connectivity index (χ4v) is 2.76. The maximum absolute atomic E-state index is 4.27. The molecule has 2 rings (SSSR count). The summed E-state index contributed by atoms with van der Waals surface area (Å²) in [5.74, 6) is 1.42. The molecule has 3 nitrogen and oxygen atoms in total. The van der Waals surface area contributed by atoms with Crippen LogP contribution in [-0.2, 0) is 0 Å². The van der Waals surface area contributed by atoms with Crippen LogP contribution >= 0.6 is 0 Å². The van der Waals surface area contributed by atoms with Crippen molar-refractivity contribution in [2.24, 2.45) is 5.92 Å². The van der Waals surface area contributed by atoms with E-state index in [0.29, 0.717) is 5.92 Å². The Hall–Kier alpha value is -0.930. The number of hydrogen-bond acceptors (Lipinski definition) is 3. The van der Waals surface area contributed by atoms with Crippen molar-refractivity contribution in [3.63, 3.8) is 0 Å². The van der Waals surface area contributed by atoms with E-state index in [0.717, 1.165) is 25.6 Å². The lowest BCUT2D eigenvalue weighted by molar-refractivity contribution is 0.261. The molecule has 3 heteroatoms. The Morgan fingerprint density at radius 3 is 2.76 bits per heavy atom. The second-order valence-electron chi connectivity index (χ2n) is 5.24. The van der Waals surface area contributed by atoms with Crippen LogP contribution in [0.5, 0.6) is 0 Å². The first-order valence-electron chi connectivity index (χ1n) is 6.52. The van der Waals surface area contributed by atoms with Gasteiger partial charge in [-0.2, -0.15) is 0 Å². The number of nitrogens with one attached hydrogen (secondary N) is 1. The van der Waals surface area contributed by atoms with E-state index >= 15 is 0 Å². The molecule has 1 N–H and O–H groups in total. The molecule has 0 radical (unpaired) electrons. The molecule has 1 aliphatic heterocycles. The molecule has 1 fully saturated rings. The maximum atomic E-state index is 4.27. The van der Waals surface area contributed by atoms with E-state index in [4.69, 9.17) is 0 Å². The third-order valence-corrected chi connectivity index (χ3v) is 3.63. The Morgan fingerprint density at radius 1 is 1.41 bits per heavy atom. The van der Waals surface area contributed by atoms with Crippen LogP contribution in [0.2, 0.25) is 0 Å². The Kier molecular flexibility index (Phi) is 4.51. The monoisotopic (exact) mass is 233 g/mol. The zero-order chi connectivity index (χ0) is 12.1. The molecule has 0 bridgehead atoms. The molecule has 1 saturated heterocycles. The second-order valence-corrected chi connectivity index (χ2v) is 5.24. The maximum Gasteiger partial charge on any atom is 0.0303 e. The summed E-state index contributed by atoms with van der Waals surface area (Å²) in [6.07, 6.45) is 6.47. The summed E-state index contributed by atoms with van der Waals surface area (Å²) in [5, 5.41) is 3.45. The summed E-state index contributed by atoms with van der Waals surface area (Å²) in [6.45, 7) is 3.44. The second kappa shape index (κ2) is 6.12. The van der Waals surface area contributed by atoms with Crippen LogP contribution in [0.15, 0.2) is 24.5 Å². The van der Waals surface area contributed by atoms with Crippen LogP contribution in [0.1, 0.15) is 24.3 Å². The molecule has 1 aromatic heterocycles. The minimum atomic E-state index is 0.626. The average molecular weight is 233 g/mol. The van der Waals surface area contributed by atoms with Crippen molar-refractivity contribution < 1.29 is 0 Å². The normalized spacial score (nSPS) is 19.5. The molecule has 1 unspecified atom stereocenters. The molecule has 0 saturated carbocycles. The zero-order valence-corrected chi connectivity index (χ0v) is 10.9. The van der Waals surface area contributed by atoms with E-state index in [2.05, 4.69) is 41.4 Å². The molecule has 0 aromatic carbocycles. The van der Waals surface area contributed by atoms with Crippen molar-refractivity contribution in [1.29, 1.82) is 0 Å². The summed E-state index contributed by atoms with van der Waals surface area (Å²) in [4.78, 5) is 6.56. The number of piperidine rings is 1. The third kappa shape index (κ3) is 3.51. The molecule has 0 spiro atoms. The van der Waals surface area contributed by atoms with Gasteiger partial charge in [0.05, 0.1) is 0 Å². The summed E-state index contributed by atoms with van der Waals surface area (Å²) in [6, 6.07) is 4.28. The topological polar surface area (TPSA) is 28.2 Å². The fraction of sp³-hybridized carbons (Fsp3) is 0.643. The highest BCUT2D eigenvalue weighted by Gasteiger charge is 2.25. The van der Waals surface area contributed by atoms with E-state index < -0.39 is 0 Å². The molecule has 0 aliphatic carbocycles. The van der Waals surface area contributed by atoms with Crippen molar-refractivity contribution >= 4 is 0 Å². The van der Waals surface area contributed by atoms with Gasteiger partial charge in [0.25, 0.3) is 0 Å². The Morgan fingerprint density at radius 2 is 2.18 bits per heavy atom. The zero-order valence-electron chi connectivity index (χ0n) is 10.9. The molecular weight excluding hydrogens is 210 g/mol. The number of rotatable bonds is 4. The van der Waals surface area contributed by atoms with Gasteiger partial charge >= 0.3 is 0 Å². The minimum absolute atomic E-state index is 0.626. The van der Waals surface area contributed by atoms with Gasteiger partial charge in [0.1, 0.15) is 0 Å². The minimum Gasteiger partial charge on any atom is -0.317 e. The summed E-state index contributed by atoms with van der Waals surface area (Å²) < 4.78 is 0. The Labute approximate surface area is 104 Å². The summed E-state index contributed by atoms with van der Waals surface area (Å²) in [7, 11) is 4.31. The summed E-state index contributed by atoms with van der Waals surface area (Å²) >= 11 is 0. The van der Waals surface area contributed by atoms with Crippen LogP contribution in [0.25, 0.3) is 0 Å². The number of hydrogen-bond donors (Lipinski definition) is 1. The van der Waals surface area contributed by atoms with Crippen molar-refractivity contribution in [2.75, 3.05) is 33.7 Å². The van der Waals surface area contributed by atoms with E-state index in [9.17, 15) is 0 Å². The molecule has 1 aliphatic rings. The first kappa shape index (κ1) is 12.5. The lowest BCUT2D eigenvalue weighted by Crippen LogP contribution is -2.34. The Balaban J connectivity index is 2.12.